The summed E-state index contributed by atoms with van der Waals surface area (Å²) < 4.78 is 54.5. The lowest BCUT2D eigenvalue weighted by Crippen LogP contribution is -2.36. The lowest BCUT2D eigenvalue weighted by Gasteiger charge is -2.25. The van der Waals surface area contributed by atoms with Crippen molar-refractivity contribution in [3.05, 3.63) is 63.7 Å². The molecule has 2 aromatic carbocycles. The Morgan fingerprint density at radius 2 is 2.00 bits per heavy atom. The van der Waals surface area contributed by atoms with E-state index in [0.29, 0.717) is 30.8 Å². The highest BCUT2D eigenvalue weighted by Gasteiger charge is 2.33. The van der Waals surface area contributed by atoms with Gasteiger partial charge in [0.05, 0.1) is 29.9 Å². The van der Waals surface area contributed by atoms with Crippen molar-refractivity contribution in [3.63, 3.8) is 0 Å². The molecule has 1 saturated heterocycles. The van der Waals surface area contributed by atoms with E-state index in [9.17, 15) is 13.2 Å². The zero-order valence-corrected chi connectivity index (χ0v) is 24.4. The van der Waals surface area contributed by atoms with Crippen molar-refractivity contribution < 1.29 is 27.1 Å². The van der Waals surface area contributed by atoms with Crippen LogP contribution in [-0.4, -0.2) is 56.2 Å². The number of carbonyl (C=O) groups excluding carboxylic acids is 1. The van der Waals surface area contributed by atoms with Gasteiger partial charge in [0, 0.05) is 24.5 Å². The van der Waals surface area contributed by atoms with Crippen molar-refractivity contribution in [2.45, 2.75) is 50.3 Å². The van der Waals surface area contributed by atoms with Crippen molar-refractivity contribution in [2.75, 3.05) is 29.8 Å². The van der Waals surface area contributed by atoms with Crippen LogP contribution < -0.4 is 14.4 Å². The Balaban J connectivity index is 1.55. The second kappa shape index (κ2) is 11.6. The summed E-state index contributed by atoms with van der Waals surface area (Å²) in [6, 6.07) is 8.84. The largest absolute Gasteiger partial charge is 0.497 e. The molecule has 3 aromatic rings. The Hall–Kier alpha value is -3.09. The average Bonchev–Trinajstić information content (AvgIpc) is 3.56. The Kier molecular flexibility index (Phi) is 8.57. The number of sulfonamides is 1. The van der Waals surface area contributed by atoms with Crippen LogP contribution in [-0.2, 0) is 21.3 Å². The quantitative estimate of drug-likeness (QED) is 0.353. The number of amides is 1. The van der Waals surface area contributed by atoms with Crippen LogP contribution in [0, 0.1) is 5.82 Å². The summed E-state index contributed by atoms with van der Waals surface area (Å²) in [6.07, 6.45) is 0.168. The molecule has 0 bridgehead atoms. The summed E-state index contributed by atoms with van der Waals surface area (Å²) in [5.74, 6) is -0.167. The van der Waals surface area contributed by atoms with Crippen molar-refractivity contribution in [2.24, 2.45) is 0 Å². The summed E-state index contributed by atoms with van der Waals surface area (Å²) in [5, 5.41) is 4.74. The highest BCUT2D eigenvalue weighted by Crippen LogP contribution is 2.33. The van der Waals surface area contributed by atoms with E-state index in [-0.39, 0.29) is 29.1 Å². The molecule has 210 valence electrons. The molecule has 1 amide bonds. The number of anilines is 2. The van der Waals surface area contributed by atoms with Gasteiger partial charge in [0.15, 0.2) is 5.82 Å². The third-order valence-corrected chi connectivity index (χ3v) is 8.60. The Labute approximate surface area is 236 Å². The number of carbonyl (C=O) groups is 1. The van der Waals surface area contributed by atoms with Crippen LogP contribution in [0.2, 0.25) is 5.02 Å². The third kappa shape index (κ3) is 6.92. The molecule has 1 aliphatic rings. The molecule has 0 spiro atoms. The number of nitrogens with zero attached hydrogens (tertiary/aromatic N) is 3. The van der Waals surface area contributed by atoms with Crippen LogP contribution in [0.3, 0.4) is 0 Å². The first-order valence-corrected chi connectivity index (χ1v) is 14.9. The van der Waals surface area contributed by atoms with E-state index in [1.807, 2.05) is 0 Å². The maximum Gasteiger partial charge on any atom is 0.410 e. The summed E-state index contributed by atoms with van der Waals surface area (Å²) in [5.41, 5.74) is 1.79. The number of benzene rings is 2. The molecular formula is C26H30ClFN4O5S2. The minimum Gasteiger partial charge on any atom is -0.497 e. The molecule has 13 heteroatoms. The van der Waals surface area contributed by atoms with Gasteiger partial charge < -0.3 is 19.7 Å². The number of nitrogens with one attached hydrogen (secondary N) is 1. The van der Waals surface area contributed by atoms with Crippen LogP contribution in [0.15, 0.2) is 52.2 Å². The molecule has 0 radical (unpaired) electrons. The Bertz CT molecular complexity index is 1410. The fourth-order valence-corrected chi connectivity index (χ4v) is 6.42. The van der Waals surface area contributed by atoms with E-state index in [1.54, 1.807) is 55.3 Å². The second-order valence-electron chi connectivity index (χ2n) is 10.0. The van der Waals surface area contributed by atoms with Crippen LogP contribution in [0.1, 0.15) is 32.8 Å². The Morgan fingerprint density at radius 1 is 1.28 bits per heavy atom. The molecule has 1 N–H and O–H groups in total. The molecule has 1 aliphatic heterocycles. The van der Waals surface area contributed by atoms with Gasteiger partial charge in [-0.25, -0.2) is 26.9 Å². The van der Waals surface area contributed by atoms with Crippen LogP contribution in [0.25, 0.3) is 0 Å². The van der Waals surface area contributed by atoms with Gasteiger partial charge in [-0.3, -0.25) is 0 Å². The number of methoxy groups -OCH3 is 1. The van der Waals surface area contributed by atoms with Crippen LogP contribution >= 0.6 is 22.9 Å². The van der Waals surface area contributed by atoms with Crippen LogP contribution in [0.4, 0.5) is 20.7 Å². The summed E-state index contributed by atoms with van der Waals surface area (Å²) in [7, 11) is -2.85. The molecule has 0 unspecified atom stereocenters. The van der Waals surface area contributed by atoms with Gasteiger partial charge in [-0.1, -0.05) is 23.7 Å². The third-order valence-electron chi connectivity index (χ3n) is 5.95. The standard InChI is InChI=1S/C26H30ClFN4O5S2/c1-26(2,3)37-25(33)31-10-9-18(14-31)30-22-12-21(28)23(11-20(22)27)39(34,35)32(24-15-38-16-29-24)13-17-5-7-19(36-4)8-6-17/h5-8,11-12,15-16,18,30H,9-10,13-14H2,1-4H3/t18-/m0/s1. The number of halogens is 2. The average molecular weight is 597 g/mol. The first kappa shape index (κ1) is 28.9. The number of rotatable bonds is 8. The van der Waals surface area contributed by atoms with Gasteiger partial charge in [0.2, 0.25) is 0 Å². The van der Waals surface area contributed by atoms with Gasteiger partial charge in [-0.15, -0.1) is 11.3 Å². The van der Waals surface area contributed by atoms with Crippen molar-refractivity contribution in [1.82, 2.24) is 9.88 Å². The molecule has 1 aromatic heterocycles. The van der Waals surface area contributed by atoms with E-state index in [0.717, 1.165) is 16.4 Å². The molecule has 0 aliphatic carbocycles. The fraction of sp³-hybridized carbons (Fsp3) is 0.385. The zero-order chi connectivity index (χ0) is 28.4. The molecule has 39 heavy (non-hydrogen) atoms. The molecular weight excluding hydrogens is 567 g/mol. The Morgan fingerprint density at radius 3 is 2.62 bits per heavy atom. The van der Waals surface area contributed by atoms with Crippen molar-refractivity contribution in [3.8, 4) is 5.75 Å². The van der Waals surface area contributed by atoms with Crippen molar-refractivity contribution in [1.29, 1.82) is 0 Å². The van der Waals surface area contributed by atoms with E-state index < -0.39 is 32.4 Å². The van der Waals surface area contributed by atoms with Crippen molar-refractivity contribution >= 4 is 50.6 Å². The molecule has 9 nitrogen and oxygen atoms in total. The minimum absolute atomic E-state index is 0.0355. The highest BCUT2D eigenvalue weighted by atomic mass is 35.5. The molecule has 2 heterocycles. The summed E-state index contributed by atoms with van der Waals surface area (Å²) in [6.45, 7) is 6.11. The number of hydrogen-bond acceptors (Lipinski definition) is 8. The molecule has 0 saturated carbocycles. The van der Waals surface area contributed by atoms with Gasteiger partial charge in [0.25, 0.3) is 10.0 Å². The fourth-order valence-electron chi connectivity index (χ4n) is 4.06. The summed E-state index contributed by atoms with van der Waals surface area (Å²) in [4.78, 5) is 17.5. The van der Waals surface area contributed by atoms with Gasteiger partial charge >= 0.3 is 6.09 Å². The number of ether oxygens (including phenoxy) is 2. The SMILES string of the molecule is COc1ccc(CN(c2cscn2)S(=O)(=O)c2cc(Cl)c(N[C@H]3CCN(C(=O)OC(C)(C)C)C3)cc2F)cc1. The first-order chi connectivity index (χ1) is 18.4. The van der Waals surface area contributed by atoms with Gasteiger partial charge in [-0.05, 0) is 57.0 Å². The van der Waals surface area contributed by atoms with Crippen LogP contribution in [0.5, 0.6) is 5.75 Å². The maximum absolute atomic E-state index is 15.4. The smallest absolute Gasteiger partial charge is 0.410 e. The topological polar surface area (TPSA) is 101 Å². The monoisotopic (exact) mass is 596 g/mol. The minimum atomic E-state index is -4.38. The number of hydrogen-bond donors (Lipinski definition) is 1. The summed E-state index contributed by atoms with van der Waals surface area (Å²) >= 11 is 7.67. The van der Waals surface area contributed by atoms with Gasteiger partial charge in [0.1, 0.15) is 22.1 Å². The lowest BCUT2D eigenvalue weighted by molar-refractivity contribution is 0.0293. The molecule has 4 rings (SSSR count). The highest BCUT2D eigenvalue weighted by molar-refractivity contribution is 7.92. The van der Waals surface area contributed by atoms with E-state index in [4.69, 9.17) is 21.1 Å². The van der Waals surface area contributed by atoms with Gasteiger partial charge in [-0.2, -0.15) is 0 Å². The second-order valence-corrected chi connectivity index (χ2v) is 13.0. The molecule has 1 atom stereocenters. The number of thiazole rings is 1. The lowest BCUT2D eigenvalue weighted by atomic mass is 10.2. The maximum atomic E-state index is 15.4. The zero-order valence-electron chi connectivity index (χ0n) is 22.0. The van der Waals surface area contributed by atoms with E-state index >= 15 is 4.39 Å². The predicted octanol–water partition coefficient (Wildman–Crippen LogP) is 5.76. The normalized spacial score (nSPS) is 15.7. The predicted molar refractivity (Wildman–Crippen MR) is 150 cm³/mol. The number of aromatic nitrogens is 1. The molecule has 1 fully saturated rings. The number of likely N-dealkylation sites (tertiary alicyclic amines) is 1. The van der Waals surface area contributed by atoms with E-state index in [2.05, 4.69) is 10.3 Å². The van der Waals surface area contributed by atoms with E-state index in [1.165, 1.54) is 24.0 Å². The first-order valence-electron chi connectivity index (χ1n) is 12.1.